The first-order chi connectivity index (χ1) is 17.0. The molecule has 0 saturated heterocycles. The third kappa shape index (κ3) is 6.81. The summed E-state index contributed by atoms with van der Waals surface area (Å²) in [5.41, 5.74) is -4.07. The lowest BCUT2D eigenvalue weighted by Gasteiger charge is -2.17. The molecule has 200 valence electrons. The summed E-state index contributed by atoms with van der Waals surface area (Å²) in [7, 11) is -2.55. The molecule has 1 amide bonds. The van der Waals surface area contributed by atoms with Gasteiger partial charge in [0.15, 0.2) is 17.5 Å². The van der Waals surface area contributed by atoms with Crippen LogP contribution in [0.2, 0.25) is 0 Å². The van der Waals surface area contributed by atoms with Crippen molar-refractivity contribution in [2.75, 3.05) is 12.0 Å². The fourth-order valence-electron chi connectivity index (χ4n) is 3.08. The van der Waals surface area contributed by atoms with E-state index < -0.39 is 50.7 Å². The summed E-state index contributed by atoms with van der Waals surface area (Å²) in [6.45, 7) is 4.64. The van der Waals surface area contributed by atoms with Crippen LogP contribution >= 0.6 is 0 Å². The molecule has 3 rings (SSSR count). The smallest absolute Gasteiger partial charge is 0.342 e. The molecule has 1 aromatic carbocycles. The van der Waals surface area contributed by atoms with Crippen LogP contribution in [0.3, 0.4) is 0 Å². The largest absolute Gasteiger partial charge is 0.416 e. The number of carbonyl (C=O) groups excluding carboxylic acids is 1. The summed E-state index contributed by atoms with van der Waals surface area (Å²) in [6, 6.07) is 0.945. The average molecular weight is 550 g/mol. The van der Waals surface area contributed by atoms with E-state index in [9.17, 15) is 35.3 Å². The van der Waals surface area contributed by atoms with Gasteiger partial charge in [0.25, 0.3) is 5.91 Å². The van der Waals surface area contributed by atoms with E-state index in [1.807, 2.05) is 0 Å². The van der Waals surface area contributed by atoms with E-state index in [0.29, 0.717) is 12.1 Å². The van der Waals surface area contributed by atoms with Gasteiger partial charge in [-0.15, -0.1) is 5.10 Å². The topological polar surface area (TPSA) is 115 Å². The molecule has 0 aliphatic heterocycles. The first-order valence-corrected chi connectivity index (χ1v) is 12.7. The number of carbonyl (C=O) groups is 1. The number of nitrogens with zero attached hydrogens (tertiary/aromatic N) is 6. The molecule has 2 heterocycles. The van der Waals surface area contributed by atoms with Crippen molar-refractivity contribution in [2.24, 2.45) is 4.36 Å². The Labute approximate surface area is 207 Å². The number of hydrogen-bond acceptors (Lipinski definition) is 7. The van der Waals surface area contributed by atoms with Crippen molar-refractivity contribution in [3.05, 3.63) is 58.9 Å². The van der Waals surface area contributed by atoms with Gasteiger partial charge < -0.3 is 5.32 Å². The highest BCUT2D eigenvalue weighted by atomic mass is 32.2. The quantitative estimate of drug-likeness (QED) is 0.448. The van der Waals surface area contributed by atoms with Crippen molar-refractivity contribution in [1.82, 2.24) is 30.0 Å². The van der Waals surface area contributed by atoms with E-state index in [2.05, 4.69) is 29.7 Å². The fourth-order valence-corrected chi connectivity index (χ4v) is 3.70. The van der Waals surface area contributed by atoms with Gasteiger partial charge in [-0.25, -0.2) is 19.2 Å². The molecule has 37 heavy (non-hydrogen) atoms. The minimum absolute atomic E-state index is 0.0644. The molecule has 1 N–H and O–H groups in total. The number of benzene rings is 1. The molecule has 9 nitrogen and oxygen atoms in total. The molecule has 0 saturated carbocycles. The van der Waals surface area contributed by atoms with Crippen LogP contribution in [0.4, 0.5) is 32.2 Å². The van der Waals surface area contributed by atoms with Gasteiger partial charge in [-0.3, -0.25) is 4.79 Å². The number of halogens is 6. The predicted octanol–water partition coefficient (Wildman–Crippen LogP) is 4.64. The standard InChI is InChI=1S/C21H21F6N7O2S/c1-5-37(4,36)33-16-9-17(29-10-28-16)34-18(31-12(3)32-34)11(2)30-19(35)13-6-14(20(22,23)24)8-15(7-13)21(25,26)27/h6-11H,5H2,1-4H3,(H,30,35)/t11-,37?/m0/s1. The first kappa shape index (κ1) is 28.0. The Kier molecular flexibility index (Phi) is 7.62. The highest BCUT2D eigenvalue weighted by molar-refractivity contribution is 7.93. The Morgan fingerprint density at radius 3 is 2.22 bits per heavy atom. The number of aryl methyl sites for hydroxylation is 1. The monoisotopic (exact) mass is 549 g/mol. The number of rotatable bonds is 6. The van der Waals surface area contributed by atoms with Crippen LogP contribution < -0.4 is 5.32 Å². The van der Waals surface area contributed by atoms with E-state index in [1.165, 1.54) is 30.9 Å². The first-order valence-electron chi connectivity index (χ1n) is 10.6. The van der Waals surface area contributed by atoms with Crippen LogP contribution in [-0.2, 0) is 22.1 Å². The highest BCUT2D eigenvalue weighted by Crippen LogP contribution is 2.36. The fraction of sp³-hybridized carbons (Fsp3) is 0.381. The minimum atomic E-state index is -5.10. The Hall–Kier alpha value is -3.56. The third-order valence-electron chi connectivity index (χ3n) is 5.00. The van der Waals surface area contributed by atoms with Gasteiger partial charge in [-0.2, -0.15) is 35.4 Å². The SMILES string of the molecule is CCS(C)(=O)=Nc1cc(-n2nc(C)nc2[C@H](C)NC(=O)c2cc(C(F)(F)F)cc(C(F)(F)F)c2)ncn1. The van der Waals surface area contributed by atoms with Crippen LogP contribution in [0.15, 0.2) is 35.0 Å². The zero-order valence-corrected chi connectivity index (χ0v) is 20.7. The Bertz CT molecular complexity index is 1410. The van der Waals surface area contributed by atoms with Crippen molar-refractivity contribution in [2.45, 2.75) is 39.2 Å². The molecule has 0 radical (unpaired) electrons. The highest BCUT2D eigenvalue weighted by Gasteiger charge is 2.37. The van der Waals surface area contributed by atoms with Gasteiger partial charge in [-0.1, -0.05) is 6.92 Å². The lowest BCUT2D eigenvalue weighted by Crippen LogP contribution is -2.29. The van der Waals surface area contributed by atoms with E-state index in [1.54, 1.807) is 6.92 Å². The number of amides is 1. The molecular weight excluding hydrogens is 528 g/mol. The second-order valence-corrected chi connectivity index (χ2v) is 10.7. The van der Waals surface area contributed by atoms with Gasteiger partial charge in [0.05, 0.1) is 26.9 Å². The number of aromatic nitrogens is 5. The van der Waals surface area contributed by atoms with Gasteiger partial charge in [0.2, 0.25) is 0 Å². The third-order valence-corrected chi connectivity index (χ3v) is 6.64. The molecular formula is C21H21F6N7O2S. The van der Waals surface area contributed by atoms with Gasteiger partial charge in [0.1, 0.15) is 12.2 Å². The zero-order valence-electron chi connectivity index (χ0n) is 19.8. The summed E-state index contributed by atoms with van der Waals surface area (Å²) >= 11 is 0. The molecule has 1 unspecified atom stereocenters. The summed E-state index contributed by atoms with van der Waals surface area (Å²) in [5, 5.41) is 6.53. The maximum atomic E-state index is 13.2. The van der Waals surface area contributed by atoms with E-state index in [-0.39, 0.29) is 35.1 Å². The Morgan fingerprint density at radius 1 is 1.08 bits per heavy atom. The van der Waals surface area contributed by atoms with E-state index in [4.69, 9.17) is 0 Å². The zero-order chi connectivity index (χ0) is 27.8. The number of alkyl halides is 6. The van der Waals surface area contributed by atoms with Crippen LogP contribution in [0.5, 0.6) is 0 Å². The van der Waals surface area contributed by atoms with Crippen molar-refractivity contribution in [3.8, 4) is 5.82 Å². The van der Waals surface area contributed by atoms with Crippen molar-refractivity contribution in [3.63, 3.8) is 0 Å². The maximum Gasteiger partial charge on any atom is 0.416 e. The molecule has 0 bridgehead atoms. The minimum Gasteiger partial charge on any atom is -0.342 e. The summed E-state index contributed by atoms with van der Waals surface area (Å²) in [6.07, 6.45) is -7.61. The van der Waals surface area contributed by atoms with Crippen LogP contribution in [-0.4, -0.2) is 46.9 Å². The maximum absolute atomic E-state index is 13.2. The van der Waals surface area contributed by atoms with E-state index >= 15 is 0 Å². The van der Waals surface area contributed by atoms with Crippen molar-refractivity contribution < 1.29 is 35.3 Å². The summed E-state index contributed by atoms with van der Waals surface area (Å²) < 4.78 is 96.6. The lowest BCUT2D eigenvalue weighted by atomic mass is 10.0. The number of hydrogen-bond donors (Lipinski definition) is 1. The van der Waals surface area contributed by atoms with Gasteiger partial charge in [0, 0.05) is 23.6 Å². The molecule has 0 spiro atoms. The molecule has 2 aromatic heterocycles. The lowest BCUT2D eigenvalue weighted by molar-refractivity contribution is -0.143. The number of nitrogens with one attached hydrogen (secondary N) is 1. The molecule has 0 aliphatic rings. The average Bonchev–Trinajstić information content (AvgIpc) is 3.19. The van der Waals surface area contributed by atoms with Gasteiger partial charge in [-0.05, 0) is 32.0 Å². The van der Waals surface area contributed by atoms with Crippen LogP contribution in [0, 0.1) is 6.92 Å². The van der Waals surface area contributed by atoms with Crippen molar-refractivity contribution in [1.29, 1.82) is 0 Å². The Balaban J connectivity index is 1.97. The summed E-state index contributed by atoms with van der Waals surface area (Å²) in [5.74, 6) is -0.377. The van der Waals surface area contributed by atoms with Crippen molar-refractivity contribution >= 4 is 21.5 Å². The van der Waals surface area contributed by atoms with E-state index in [0.717, 1.165) is 6.33 Å². The molecule has 0 aliphatic carbocycles. The van der Waals surface area contributed by atoms with Crippen LogP contribution in [0.1, 0.15) is 53.0 Å². The van der Waals surface area contributed by atoms with Gasteiger partial charge >= 0.3 is 12.4 Å². The Morgan fingerprint density at radius 2 is 1.68 bits per heavy atom. The molecule has 16 heteroatoms. The van der Waals surface area contributed by atoms with Crippen LogP contribution in [0.25, 0.3) is 5.82 Å². The second kappa shape index (κ2) is 10.1. The summed E-state index contributed by atoms with van der Waals surface area (Å²) in [4.78, 5) is 24.9. The molecule has 3 aromatic rings. The second-order valence-electron chi connectivity index (χ2n) is 7.99. The normalized spacial score (nSPS) is 14.6. The predicted molar refractivity (Wildman–Crippen MR) is 121 cm³/mol. The molecule has 2 atom stereocenters. The molecule has 0 fully saturated rings.